The Morgan fingerprint density at radius 1 is 1.16 bits per heavy atom. The number of hydrogen-bond donors (Lipinski definition) is 1. The molecule has 2 atom stereocenters. The molecule has 0 amide bonds. The van der Waals surface area contributed by atoms with Gasteiger partial charge < -0.3 is 5.32 Å². The van der Waals surface area contributed by atoms with E-state index in [4.69, 9.17) is 23.2 Å². The molecule has 0 saturated heterocycles. The highest BCUT2D eigenvalue weighted by Crippen LogP contribution is 2.44. The molecule has 0 bridgehead atoms. The van der Waals surface area contributed by atoms with E-state index < -0.39 is 0 Å². The third kappa shape index (κ3) is 2.43. The van der Waals surface area contributed by atoms with Crippen LogP contribution >= 0.6 is 34.5 Å². The molecule has 2 aromatic rings. The van der Waals surface area contributed by atoms with Gasteiger partial charge in [-0.2, -0.15) is 0 Å². The maximum atomic E-state index is 6.15. The Morgan fingerprint density at radius 2 is 2.00 bits per heavy atom. The number of rotatable bonds is 2. The molecule has 1 aliphatic carbocycles. The van der Waals surface area contributed by atoms with Crippen LogP contribution < -0.4 is 5.32 Å². The summed E-state index contributed by atoms with van der Waals surface area (Å²) < 4.78 is 0. The highest BCUT2D eigenvalue weighted by atomic mass is 35.5. The van der Waals surface area contributed by atoms with Gasteiger partial charge in [0.15, 0.2) is 0 Å². The van der Waals surface area contributed by atoms with Gasteiger partial charge in [0.2, 0.25) is 0 Å². The van der Waals surface area contributed by atoms with Crippen molar-refractivity contribution in [3.63, 3.8) is 0 Å². The van der Waals surface area contributed by atoms with E-state index in [1.54, 1.807) is 0 Å². The highest BCUT2D eigenvalue weighted by molar-refractivity contribution is 7.10. The van der Waals surface area contributed by atoms with Gasteiger partial charge in [0.05, 0.1) is 10.0 Å². The normalized spacial score (nSPS) is 22.3. The molecule has 3 rings (SSSR count). The van der Waals surface area contributed by atoms with Crippen LogP contribution in [0.4, 0.5) is 0 Å². The standard InChI is InChI=1S/C15H15Cl2NS/c1-18-14-5-3-10(15-11(14)6-7-19-15)9-2-4-12(16)13(17)8-9/h2,4,6-8,10,14,18H,3,5H2,1H3. The first kappa shape index (κ1) is 13.4. The molecular weight excluding hydrogens is 297 g/mol. The lowest BCUT2D eigenvalue weighted by molar-refractivity contribution is 0.477. The molecule has 0 spiro atoms. The van der Waals surface area contributed by atoms with Gasteiger partial charge in [-0.05, 0) is 54.6 Å². The number of nitrogens with one attached hydrogen (secondary N) is 1. The quantitative estimate of drug-likeness (QED) is 0.799. The first-order chi connectivity index (χ1) is 9.20. The molecule has 2 unspecified atom stereocenters. The van der Waals surface area contributed by atoms with E-state index >= 15 is 0 Å². The highest BCUT2D eigenvalue weighted by Gasteiger charge is 2.28. The molecule has 1 aromatic heterocycles. The fourth-order valence-corrected chi connectivity index (χ4v) is 4.30. The van der Waals surface area contributed by atoms with Crippen LogP contribution in [0.3, 0.4) is 0 Å². The summed E-state index contributed by atoms with van der Waals surface area (Å²) in [4.78, 5) is 1.46. The summed E-state index contributed by atoms with van der Waals surface area (Å²) in [6.45, 7) is 0. The fraction of sp³-hybridized carbons (Fsp3) is 0.333. The molecule has 0 fully saturated rings. The SMILES string of the molecule is CNC1CCC(c2ccc(Cl)c(Cl)c2)c2sccc21. The van der Waals surface area contributed by atoms with E-state index in [0.29, 0.717) is 22.0 Å². The van der Waals surface area contributed by atoms with E-state index in [9.17, 15) is 0 Å². The van der Waals surface area contributed by atoms with Gasteiger partial charge in [0, 0.05) is 16.8 Å². The number of thiophene rings is 1. The Hall–Kier alpha value is -0.540. The monoisotopic (exact) mass is 311 g/mol. The summed E-state index contributed by atoms with van der Waals surface area (Å²) in [5, 5.41) is 6.86. The van der Waals surface area contributed by atoms with Crippen molar-refractivity contribution in [3.8, 4) is 0 Å². The lowest BCUT2D eigenvalue weighted by Gasteiger charge is -2.29. The molecule has 0 saturated carbocycles. The first-order valence-electron chi connectivity index (χ1n) is 6.40. The van der Waals surface area contributed by atoms with Crippen molar-refractivity contribution >= 4 is 34.5 Å². The van der Waals surface area contributed by atoms with E-state index in [1.165, 1.54) is 16.0 Å². The Labute approximate surface area is 127 Å². The van der Waals surface area contributed by atoms with Gasteiger partial charge in [-0.15, -0.1) is 11.3 Å². The van der Waals surface area contributed by atoms with Crippen LogP contribution in [-0.2, 0) is 0 Å². The van der Waals surface area contributed by atoms with E-state index in [-0.39, 0.29) is 0 Å². The molecule has 100 valence electrons. The topological polar surface area (TPSA) is 12.0 Å². The van der Waals surface area contributed by atoms with Crippen LogP contribution in [0.5, 0.6) is 0 Å². The summed E-state index contributed by atoms with van der Waals surface area (Å²) in [7, 11) is 2.03. The van der Waals surface area contributed by atoms with Gasteiger partial charge in [-0.3, -0.25) is 0 Å². The average molecular weight is 312 g/mol. The molecule has 0 aliphatic heterocycles. The minimum atomic E-state index is 0.453. The van der Waals surface area contributed by atoms with Crippen LogP contribution in [0.2, 0.25) is 10.0 Å². The Kier molecular flexibility index (Phi) is 3.86. The van der Waals surface area contributed by atoms with E-state index in [0.717, 1.165) is 12.8 Å². The smallest absolute Gasteiger partial charge is 0.0595 e. The summed E-state index contributed by atoms with van der Waals surface area (Å²) >= 11 is 14.0. The average Bonchev–Trinajstić information content (AvgIpc) is 2.90. The summed E-state index contributed by atoms with van der Waals surface area (Å²) in [5.41, 5.74) is 2.71. The van der Waals surface area contributed by atoms with Crippen molar-refractivity contribution in [3.05, 3.63) is 55.7 Å². The van der Waals surface area contributed by atoms with Crippen molar-refractivity contribution in [2.75, 3.05) is 7.05 Å². The zero-order valence-electron chi connectivity index (χ0n) is 10.6. The van der Waals surface area contributed by atoms with Crippen molar-refractivity contribution in [1.29, 1.82) is 0 Å². The fourth-order valence-electron chi connectivity index (χ4n) is 2.87. The second-order valence-electron chi connectivity index (χ2n) is 4.88. The Morgan fingerprint density at radius 3 is 2.74 bits per heavy atom. The van der Waals surface area contributed by atoms with Crippen LogP contribution in [-0.4, -0.2) is 7.05 Å². The summed E-state index contributed by atoms with van der Waals surface area (Å²) in [5.74, 6) is 0.453. The molecule has 4 heteroatoms. The van der Waals surface area contributed by atoms with Crippen LogP contribution in [0.1, 0.15) is 40.8 Å². The van der Waals surface area contributed by atoms with Crippen LogP contribution in [0, 0.1) is 0 Å². The molecule has 1 N–H and O–H groups in total. The Balaban J connectivity index is 2.01. The van der Waals surface area contributed by atoms with Gasteiger partial charge in [-0.1, -0.05) is 29.3 Å². The number of fused-ring (bicyclic) bond motifs is 1. The minimum Gasteiger partial charge on any atom is -0.313 e. The van der Waals surface area contributed by atoms with Gasteiger partial charge in [0.1, 0.15) is 0 Å². The van der Waals surface area contributed by atoms with Crippen molar-refractivity contribution in [1.82, 2.24) is 5.32 Å². The third-order valence-corrected chi connectivity index (χ3v) is 5.64. The summed E-state index contributed by atoms with van der Waals surface area (Å²) in [6.07, 6.45) is 2.31. The minimum absolute atomic E-state index is 0.453. The van der Waals surface area contributed by atoms with Gasteiger partial charge >= 0.3 is 0 Å². The van der Waals surface area contributed by atoms with Crippen LogP contribution in [0.15, 0.2) is 29.6 Å². The summed E-state index contributed by atoms with van der Waals surface area (Å²) in [6, 6.07) is 8.74. The molecule has 1 aliphatic rings. The second-order valence-corrected chi connectivity index (χ2v) is 6.65. The molecule has 1 aromatic carbocycles. The second kappa shape index (κ2) is 5.45. The Bertz CT molecular complexity index is 594. The van der Waals surface area contributed by atoms with E-state index in [1.807, 2.05) is 30.5 Å². The number of hydrogen-bond acceptors (Lipinski definition) is 2. The number of halogens is 2. The van der Waals surface area contributed by atoms with Gasteiger partial charge in [0.25, 0.3) is 0 Å². The largest absolute Gasteiger partial charge is 0.313 e. The number of benzene rings is 1. The lowest BCUT2D eigenvalue weighted by atomic mass is 9.82. The van der Waals surface area contributed by atoms with Gasteiger partial charge in [-0.25, -0.2) is 0 Å². The van der Waals surface area contributed by atoms with Crippen molar-refractivity contribution in [2.24, 2.45) is 0 Å². The molecule has 1 nitrogen and oxygen atoms in total. The first-order valence-corrected chi connectivity index (χ1v) is 8.03. The van der Waals surface area contributed by atoms with E-state index in [2.05, 4.69) is 22.8 Å². The van der Waals surface area contributed by atoms with Crippen LogP contribution in [0.25, 0.3) is 0 Å². The van der Waals surface area contributed by atoms with Crippen molar-refractivity contribution < 1.29 is 0 Å². The molecular formula is C15H15Cl2NS. The maximum Gasteiger partial charge on any atom is 0.0595 e. The molecule has 1 heterocycles. The predicted octanol–water partition coefficient (Wildman–Crippen LogP) is 5.24. The maximum absolute atomic E-state index is 6.15. The predicted molar refractivity (Wildman–Crippen MR) is 83.7 cm³/mol. The lowest BCUT2D eigenvalue weighted by Crippen LogP contribution is -2.22. The molecule has 0 radical (unpaired) electrons. The zero-order valence-corrected chi connectivity index (χ0v) is 12.9. The third-order valence-electron chi connectivity index (χ3n) is 3.86. The molecule has 19 heavy (non-hydrogen) atoms. The zero-order chi connectivity index (χ0) is 13.4. The van der Waals surface area contributed by atoms with Crippen molar-refractivity contribution in [2.45, 2.75) is 24.8 Å².